The number of hydrogen-bond donors (Lipinski definition) is 2. The van der Waals surface area contributed by atoms with Gasteiger partial charge < -0.3 is 10.1 Å². The lowest BCUT2D eigenvalue weighted by molar-refractivity contribution is 0.0938. The fraction of sp³-hybridized carbons (Fsp3) is 0.562. The first-order valence-electron chi connectivity index (χ1n) is 8.25. The summed E-state index contributed by atoms with van der Waals surface area (Å²) in [6.45, 7) is 5.10. The Morgan fingerprint density at radius 1 is 1.46 bits per heavy atom. The molecule has 1 fully saturated rings. The van der Waals surface area contributed by atoms with Crippen LogP contribution in [0.3, 0.4) is 0 Å². The number of likely N-dealkylation sites (N-methyl/N-ethyl adjacent to an activating group) is 1. The van der Waals surface area contributed by atoms with Gasteiger partial charge in [0.15, 0.2) is 0 Å². The summed E-state index contributed by atoms with van der Waals surface area (Å²) < 4.78 is 28.8. The van der Waals surface area contributed by atoms with Crippen LogP contribution in [0.15, 0.2) is 17.0 Å². The molecular formula is C16H23N3O4S. The number of nitrogens with one attached hydrogen (secondary N) is 1. The Morgan fingerprint density at radius 2 is 2.25 bits per heavy atom. The molecule has 7 nitrogen and oxygen atoms in total. The Balaban J connectivity index is 1.80. The predicted octanol–water partition coefficient (Wildman–Crippen LogP) is 0.483. The molecule has 24 heavy (non-hydrogen) atoms. The molecule has 1 aromatic carbocycles. The quantitative estimate of drug-likeness (QED) is 0.802. The van der Waals surface area contributed by atoms with E-state index in [9.17, 15) is 13.2 Å². The minimum atomic E-state index is -3.87. The number of primary sulfonamides is 1. The molecule has 132 valence electrons. The van der Waals surface area contributed by atoms with Gasteiger partial charge in [-0.15, -0.1) is 0 Å². The van der Waals surface area contributed by atoms with Crippen LogP contribution in [-0.4, -0.2) is 51.5 Å². The monoisotopic (exact) mass is 353 g/mol. The first-order valence-corrected chi connectivity index (χ1v) is 9.79. The second-order valence-electron chi connectivity index (χ2n) is 6.24. The number of carbonyl (C=O) groups excluding carboxylic acids is 1. The lowest BCUT2D eigenvalue weighted by Crippen LogP contribution is -2.40. The molecule has 1 amide bonds. The van der Waals surface area contributed by atoms with Crippen molar-refractivity contribution < 1.29 is 17.9 Å². The summed E-state index contributed by atoms with van der Waals surface area (Å²) in [4.78, 5) is 14.9. The average molecular weight is 353 g/mol. The number of nitrogens with two attached hydrogens (primary N) is 1. The van der Waals surface area contributed by atoms with E-state index in [1.807, 2.05) is 0 Å². The van der Waals surface area contributed by atoms with E-state index in [4.69, 9.17) is 9.88 Å². The van der Waals surface area contributed by atoms with Crippen LogP contribution in [0.1, 0.15) is 35.7 Å². The molecule has 0 aliphatic carbocycles. The summed E-state index contributed by atoms with van der Waals surface area (Å²) in [6, 6.07) is 3.13. The van der Waals surface area contributed by atoms with Crippen LogP contribution in [0, 0.1) is 0 Å². The molecule has 0 radical (unpaired) electrons. The van der Waals surface area contributed by atoms with Crippen LogP contribution in [0.25, 0.3) is 0 Å². The standard InChI is InChI=1S/C16H23N3O4S/c1-2-19-6-3-4-12(19)10-18-16(20)14-9-13(24(17,21)22)8-11-5-7-23-15(11)14/h8-9,12H,2-7,10H2,1H3,(H,18,20)(H2,17,21,22). The van der Waals surface area contributed by atoms with E-state index in [-0.39, 0.29) is 16.4 Å². The SMILES string of the molecule is CCN1CCCC1CNC(=O)c1cc(S(N)(=O)=O)cc2c1OCC2. The highest BCUT2D eigenvalue weighted by Crippen LogP contribution is 2.32. The molecule has 3 N–H and O–H groups in total. The van der Waals surface area contributed by atoms with Crippen LogP contribution in [0.2, 0.25) is 0 Å². The van der Waals surface area contributed by atoms with Crippen molar-refractivity contribution >= 4 is 15.9 Å². The molecule has 1 atom stereocenters. The third-order valence-corrected chi connectivity index (χ3v) is 5.63. The number of ether oxygens (including phenoxy) is 1. The van der Waals surface area contributed by atoms with Crippen LogP contribution >= 0.6 is 0 Å². The largest absolute Gasteiger partial charge is 0.492 e. The van der Waals surface area contributed by atoms with Crippen molar-refractivity contribution in [3.63, 3.8) is 0 Å². The first-order chi connectivity index (χ1) is 11.4. The Bertz CT molecular complexity index is 748. The van der Waals surface area contributed by atoms with Crippen molar-refractivity contribution in [3.05, 3.63) is 23.3 Å². The van der Waals surface area contributed by atoms with Gasteiger partial charge in [-0.2, -0.15) is 0 Å². The third kappa shape index (κ3) is 3.40. The number of hydrogen-bond acceptors (Lipinski definition) is 5. The Kier molecular flexibility index (Phi) is 4.80. The molecule has 2 aliphatic heterocycles. The predicted molar refractivity (Wildman–Crippen MR) is 89.6 cm³/mol. The molecule has 2 heterocycles. The van der Waals surface area contributed by atoms with Crippen molar-refractivity contribution in [2.45, 2.75) is 37.1 Å². The molecule has 2 aliphatic rings. The van der Waals surface area contributed by atoms with Gasteiger partial charge in [0, 0.05) is 19.0 Å². The molecule has 1 aromatic rings. The van der Waals surface area contributed by atoms with Crippen LogP contribution in [-0.2, 0) is 16.4 Å². The van der Waals surface area contributed by atoms with E-state index in [1.165, 1.54) is 12.1 Å². The number of sulfonamides is 1. The van der Waals surface area contributed by atoms with E-state index in [0.29, 0.717) is 36.9 Å². The van der Waals surface area contributed by atoms with E-state index >= 15 is 0 Å². The zero-order valence-corrected chi connectivity index (χ0v) is 14.6. The van der Waals surface area contributed by atoms with Gasteiger partial charge in [-0.3, -0.25) is 9.69 Å². The fourth-order valence-electron chi connectivity index (χ4n) is 3.46. The molecule has 1 unspecified atom stereocenters. The van der Waals surface area contributed by atoms with Gasteiger partial charge in [-0.05, 0) is 43.6 Å². The van der Waals surface area contributed by atoms with Crippen molar-refractivity contribution in [2.24, 2.45) is 5.14 Å². The second-order valence-corrected chi connectivity index (χ2v) is 7.80. The summed E-state index contributed by atoms with van der Waals surface area (Å²) in [7, 11) is -3.87. The van der Waals surface area contributed by atoms with E-state index in [1.54, 1.807) is 0 Å². The minimum absolute atomic E-state index is 0.0482. The van der Waals surface area contributed by atoms with Crippen LogP contribution in [0.4, 0.5) is 0 Å². The number of rotatable bonds is 5. The van der Waals surface area contributed by atoms with Gasteiger partial charge in [0.05, 0.1) is 17.1 Å². The average Bonchev–Trinajstić information content (AvgIpc) is 3.18. The van der Waals surface area contributed by atoms with Gasteiger partial charge in [0.2, 0.25) is 10.0 Å². The minimum Gasteiger partial charge on any atom is -0.492 e. The van der Waals surface area contributed by atoms with Gasteiger partial charge >= 0.3 is 0 Å². The summed E-state index contributed by atoms with van der Waals surface area (Å²) in [5.74, 6) is 0.153. The van der Waals surface area contributed by atoms with Crippen LogP contribution < -0.4 is 15.2 Å². The van der Waals surface area contributed by atoms with Gasteiger partial charge in [0.1, 0.15) is 5.75 Å². The lowest BCUT2D eigenvalue weighted by atomic mass is 10.1. The van der Waals surface area contributed by atoms with Crippen molar-refractivity contribution in [1.29, 1.82) is 0 Å². The summed E-state index contributed by atoms with van der Waals surface area (Å²) in [6.07, 6.45) is 2.76. The lowest BCUT2D eigenvalue weighted by Gasteiger charge is -2.23. The van der Waals surface area contributed by atoms with Gasteiger partial charge in [0.25, 0.3) is 5.91 Å². The highest BCUT2D eigenvalue weighted by molar-refractivity contribution is 7.89. The van der Waals surface area contributed by atoms with Gasteiger partial charge in [-0.1, -0.05) is 6.92 Å². The van der Waals surface area contributed by atoms with E-state index in [2.05, 4.69) is 17.1 Å². The number of carbonyl (C=O) groups is 1. The highest BCUT2D eigenvalue weighted by Gasteiger charge is 2.27. The van der Waals surface area contributed by atoms with E-state index < -0.39 is 10.0 Å². The molecule has 8 heteroatoms. The molecule has 3 rings (SSSR count). The normalized spacial score (nSPS) is 20.7. The summed E-state index contributed by atoms with van der Waals surface area (Å²) in [5, 5.41) is 8.14. The van der Waals surface area contributed by atoms with Gasteiger partial charge in [-0.25, -0.2) is 13.6 Å². The maximum atomic E-state index is 12.6. The number of amides is 1. The first kappa shape index (κ1) is 17.2. The maximum Gasteiger partial charge on any atom is 0.255 e. The smallest absolute Gasteiger partial charge is 0.255 e. The number of nitrogens with zero attached hydrogens (tertiary/aromatic N) is 1. The van der Waals surface area contributed by atoms with Crippen molar-refractivity contribution in [3.8, 4) is 5.75 Å². The number of benzene rings is 1. The second kappa shape index (κ2) is 6.70. The molecule has 0 bridgehead atoms. The third-order valence-electron chi connectivity index (χ3n) is 4.73. The Morgan fingerprint density at radius 3 is 2.96 bits per heavy atom. The fourth-order valence-corrected chi connectivity index (χ4v) is 4.05. The molecule has 0 saturated carbocycles. The Labute approximate surface area is 142 Å². The zero-order chi connectivity index (χ0) is 17.3. The Hall–Kier alpha value is -1.64. The molecule has 0 spiro atoms. The van der Waals surface area contributed by atoms with Crippen LogP contribution in [0.5, 0.6) is 5.75 Å². The number of likely N-dealkylation sites (tertiary alicyclic amines) is 1. The summed E-state index contributed by atoms with van der Waals surface area (Å²) in [5.41, 5.74) is 0.956. The maximum absolute atomic E-state index is 12.6. The van der Waals surface area contributed by atoms with Crippen molar-refractivity contribution in [2.75, 3.05) is 26.2 Å². The highest BCUT2D eigenvalue weighted by atomic mass is 32.2. The zero-order valence-electron chi connectivity index (χ0n) is 13.7. The summed E-state index contributed by atoms with van der Waals surface area (Å²) >= 11 is 0. The molecule has 0 aromatic heterocycles. The molecule has 1 saturated heterocycles. The van der Waals surface area contributed by atoms with E-state index in [0.717, 1.165) is 25.9 Å². The van der Waals surface area contributed by atoms with Crippen molar-refractivity contribution in [1.82, 2.24) is 10.2 Å². The number of fused-ring (bicyclic) bond motifs is 1. The topological polar surface area (TPSA) is 102 Å². The molecular weight excluding hydrogens is 330 g/mol.